The zero-order chi connectivity index (χ0) is 8.97. The number of nitrogens with zero attached hydrogens (tertiary/aromatic N) is 2. The minimum absolute atomic E-state index is 0.0696. The first kappa shape index (κ1) is 8.32. The topological polar surface area (TPSA) is 69.2 Å². The van der Waals surface area contributed by atoms with Crippen LogP contribution in [0.3, 0.4) is 0 Å². The van der Waals surface area contributed by atoms with E-state index in [4.69, 9.17) is 0 Å². The molecule has 0 fully saturated rings. The second-order valence-electron chi connectivity index (χ2n) is 1.98. The van der Waals surface area contributed by atoms with Crippen molar-refractivity contribution in [1.82, 2.24) is 9.97 Å². The molecule has 0 bridgehead atoms. The Morgan fingerprint density at radius 2 is 2.25 bits per heavy atom. The van der Waals surface area contributed by atoms with E-state index in [-0.39, 0.29) is 5.69 Å². The van der Waals surface area contributed by atoms with Gasteiger partial charge in [0, 0.05) is 13.1 Å². The van der Waals surface area contributed by atoms with Gasteiger partial charge in [-0.15, -0.1) is 0 Å². The van der Waals surface area contributed by atoms with Crippen molar-refractivity contribution >= 4 is 11.9 Å². The highest BCUT2D eigenvalue weighted by Crippen LogP contribution is 1.94. The second-order valence-corrected chi connectivity index (χ2v) is 1.98. The highest BCUT2D eigenvalue weighted by molar-refractivity contribution is 5.94. The molecule has 1 aromatic rings. The van der Waals surface area contributed by atoms with E-state index in [1.54, 1.807) is 0 Å². The van der Waals surface area contributed by atoms with Crippen molar-refractivity contribution in [2.75, 3.05) is 0 Å². The lowest BCUT2D eigenvalue weighted by atomic mass is 10.4. The quantitative estimate of drug-likeness (QED) is 0.439. The molecule has 0 aliphatic heterocycles. The van der Waals surface area contributed by atoms with Gasteiger partial charge >= 0.3 is 11.9 Å². The van der Waals surface area contributed by atoms with Gasteiger partial charge in [0.2, 0.25) is 0 Å². The molecule has 1 heterocycles. The van der Waals surface area contributed by atoms with Gasteiger partial charge in [-0.05, 0) is 6.07 Å². The molecule has 62 valence electrons. The molecule has 0 N–H and O–H groups in total. The van der Waals surface area contributed by atoms with Gasteiger partial charge in [0.05, 0.1) is 0 Å². The second kappa shape index (κ2) is 3.56. The number of esters is 2. The third-order valence-electron chi connectivity index (χ3n) is 1.03. The third kappa shape index (κ3) is 2.12. The summed E-state index contributed by atoms with van der Waals surface area (Å²) >= 11 is 0. The Kier molecular flexibility index (Phi) is 2.47. The summed E-state index contributed by atoms with van der Waals surface area (Å²) in [5.74, 6) is -1.41. The van der Waals surface area contributed by atoms with Gasteiger partial charge in [-0.2, -0.15) is 0 Å². The molecule has 0 aliphatic rings. The minimum Gasteiger partial charge on any atom is -0.388 e. The van der Waals surface area contributed by atoms with Crippen molar-refractivity contribution < 1.29 is 14.3 Å². The van der Waals surface area contributed by atoms with Crippen LogP contribution >= 0.6 is 0 Å². The van der Waals surface area contributed by atoms with Gasteiger partial charge in [-0.25, -0.2) is 14.8 Å². The summed E-state index contributed by atoms with van der Waals surface area (Å²) in [6.07, 6.45) is 2.60. The van der Waals surface area contributed by atoms with E-state index in [9.17, 15) is 9.59 Å². The van der Waals surface area contributed by atoms with E-state index < -0.39 is 11.9 Å². The number of ether oxygens (including phenoxy) is 1. The molecule has 0 spiro atoms. The van der Waals surface area contributed by atoms with E-state index >= 15 is 0 Å². The van der Waals surface area contributed by atoms with Crippen LogP contribution in [0.25, 0.3) is 0 Å². The predicted octanol–water partition coefficient (Wildman–Crippen LogP) is 0.180. The Morgan fingerprint density at radius 3 is 2.75 bits per heavy atom. The van der Waals surface area contributed by atoms with Gasteiger partial charge in [-0.3, -0.25) is 4.79 Å². The first-order chi connectivity index (χ1) is 5.70. The van der Waals surface area contributed by atoms with Crippen LogP contribution in [-0.2, 0) is 9.53 Å². The molecule has 12 heavy (non-hydrogen) atoms. The van der Waals surface area contributed by atoms with Crippen molar-refractivity contribution in [3.63, 3.8) is 0 Å². The lowest BCUT2D eigenvalue weighted by molar-refractivity contribution is -0.135. The highest BCUT2D eigenvalue weighted by Gasteiger charge is 2.09. The summed E-state index contributed by atoms with van der Waals surface area (Å²) in [7, 11) is 0. The fourth-order valence-electron chi connectivity index (χ4n) is 0.594. The Labute approximate surface area is 68.4 Å². The van der Waals surface area contributed by atoms with Crippen LogP contribution in [0.2, 0.25) is 0 Å². The zero-order valence-electron chi connectivity index (χ0n) is 6.35. The molecular weight excluding hydrogens is 160 g/mol. The van der Waals surface area contributed by atoms with Crippen LogP contribution in [0.1, 0.15) is 17.4 Å². The van der Waals surface area contributed by atoms with E-state index in [0.717, 1.165) is 6.92 Å². The molecule has 0 aliphatic carbocycles. The molecule has 1 aromatic heterocycles. The molecule has 5 nitrogen and oxygen atoms in total. The molecule has 0 aromatic carbocycles. The van der Waals surface area contributed by atoms with Crippen molar-refractivity contribution in [2.24, 2.45) is 0 Å². The average molecular weight is 166 g/mol. The predicted molar refractivity (Wildman–Crippen MR) is 38.1 cm³/mol. The lowest BCUT2D eigenvalue weighted by Gasteiger charge is -1.96. The van der Waals surface area contributed by atoms with Gasteiger partial charge in [0.25, 0.3) is 0 Å². The van der Waals surface area contributed by atoms with Crippen LogP contribution in [0.4, 0.5) is 0 Å². The van der Waals surface area contributed by atoms with Crippen LogP contribution in [-0.4, -0.2) is 21.9 Å². The van der Waals surface area contributed by atoms with E-state index in [1.807, 2.05) is 0 Å². The van der Waals surface area contributed by atoms with Gasteiger partial charge in [0.1, 0.15) is 6.33 Å². The summed E-state index contributed by atoms with van der Waals surface area (Å²) in [5, 5.41) is 0. The van der Waals surface area contributed by atoms with Gasteiger partial charge in [-0.1, -0.05) is 0 Å². The summed E-state index contributed by atoms with van der Waals surface area (Å²) in [5.41, 5.74) is 0.0696. The van der Waals surface area contributed by atoms with Crippen LogP contribution in [0.5, 0.6) is 0 Å². The standard InChI is InChI=1S/C7H6N2O3/c1-5(10)12-7(11)6-2-3-8-4-9-6/h2-4H,1H3. The normalized spacial score (nSPS) is 9.08. The smallest absolute Gasteiger partial charge is 0.364 e. The summed E-state index contributed by atoms with van der Waals surface area (Å²) in [4.78, 5) is 28.5. The third-order valence-corrected chi connectivity index (χ3v) is 1.03. The minimum atomic E-state index is -0.759. The van der Waals surface area contributed by atoms with E-state index in [1.165, 1.54) is 18.6 Å². The van der Waals surface area contributed by atoms with Gasteiger partial charge in [0.15, 0.2) is 5.69 Å². The number of aromatic nitrogens is 2. The Bertz CT molecular complexity index is 297. The molecule has 5 heteroatoms. The molecule has 0 saturated heterocycles. The van der Waals surface area contributed by atoms with E-state index in [0.29, 0.717) is 0 Å². The van der Waals surface area contributed by atoms with Crippen molar-refractivity contribution in [2.45, 2.75) is 6.92 Å². The SMILES string of the molecule is CC(=O)OC(=O)c1ccncn1. The van der Waals surface area contributed by atoms with Crippen molar-refractivity contribution in [3.8, 4) is 0 Å². The maximum absolute atomic E-state index is 10.9. The largest absolute Gasteiger partial charge is 0.388 e. The Morgan fingerprint density at radius 1 is 1.50 bits per heavy atom. The maximum Gasteiger partial charge on any atom is 0.364 e. The molecule has 0 saturated carbocycles. The number of carbonyl (C=O) groups excluding carboxylic acids is 2. The first-order valence-corrected chi connectivity index (χ1v) is 3.19. The number of hydrogen-bond acceptors (Lipinski definition) is 5. The fourth-order valence-corrected chi connectivity index (χ4v) is 0.594. The first-order valence-electron chi connectivity index (χ1n) is 3.19. The number of hydrogen-bond donors (Lipinski definition) is 0. The van der Waals surface area contributed by atoms with Crippen molar-refractivity contribution in [1.29, 1.82) is 0 Å². The lowest BCUT2D eigenvalue weighted by Crippen LogP contribution is -2.10. The molecule has 1 rings (SSSR count). The summed E-state index contributed by atoms with van der Waals surface area (Å²) < 4.78 is 4.27. The van der Waals surface area contributed by atoms with Crippen LogP contribution in [0, 0.1) is 0 Å². The maximum atomic E-state index is 10.9. The summed E-state index contributed by atoms with van der Waals surface area (Å²) in [6, 6.07) is 1.37. The molecule has 0 radical (unpaired) electrons. The number of rotatable bonds is 1. The number of carbonyl (C=O) groups is 2. The average Bonchev–Trinajstić information content (AvgIpc) is 2.05. The fraction of sp³-hybridized carbons (Fsp3) is 0.143. The monoisotopic (exact) mass is 166 g/mol. The molecule has 0 amide bonds. The van der Waals surface area contributed by atoms with E-state index in [2.05, 4.69) is 14.7 Å². The molecule has 0 unspecified atom stereocenters. The highest BCUT2D eigenvalue weighted by atomic mass is 16.6. The summed E-state index contributed by atoms with van der Waals surface area (Å²) in [6.45, 7) is 1.15. The molecular formula is C7H6N2O3. The molecule has 0 atom stereocenters. The zero-order valence-corrected chi connectivity index (χ0v) is 6.35. The Balaban J connectivity index is 2.73. The Hall–Kier alpha value is -1.78. The van der Waals surface area contributed by atoms with Crippen LogP contribution in [0.15, 0.2) is 18.6 Å². The van der Waals surface area contributed by atoms with Crippen LogP contribution < -0.4 is 0 Å². The van der Waals surface area contributed by atoms with Gasteiger partial charge < -0.3 is 4.74 Å². The van der Waals surface area contributed by atoms with Crippen molar-refractivity contribution in [3.05, 3.63) is 24.3 Å².